The van der Waals surface area contributed by atoms with Gasteiger partial charge in [0.25, 0.3) is 0 Å². The largest absolute Gasteiger partial charge is 0.455 e. The molecule has 0 saturated heterocycles. The number of fused-ring (bicyclic) bond motifs is 1. The van der Waals surface area contributed by atoms with Gasteiger partial charge in [0, 0.05) is 26.5 Å². The van der Waals surface area contributed by atoms with Crippen molar-refractivity contribution in [2.24, 2.45) is 0 Å². The van der Waals surface area contributed by atoms with E-state index in [1.807, 2.05) is 29.7 Å². The highest BCUT2D eigenvalue weighted by molar-refractivity contribution is 7.89. The number of carbonyl (C=O) groups is 1. The van der Waals surface area contributed by atoms with Gasteiger partial charge >= 0.3 is 5.97 Å². The fourth-order valence-electron chi connectivity index (χ4n) is 2.52. The number of carbonyl (C=O) groups excluding carboxylic acids is 1. The molecule has 0 aliphatic carbocycles. The molecular weight excluding hydrogens is 390 g/mol. The summed E-state index contributed by atoms with van der Waals surface area (Å²) in [5, 5.41) is 0.114. The van der Waals surface area contributed by atoms with E-state index in [1.54, 1.807) is 6.20 Å². The number of ether oxygens (including phenoxy) is 1. The number of halogens is 1. The van der Waals surface area contributed by atoms with E-state index in [9.17, 15) is 13.2 Å². The molecule has 142 valence electrons. The standard InChI is InChI=1S/C18H18ClN3O4S/c1-12-5-4-8-22-10-13(20-17(12)22)11-26-18(23)15-9-14(6-7-16(15)19)27(24,25)21(2)3/h4-10H,11H2,1-3H3. The summed E-state index contributed by atoms with van der Waals surface area (Å²) in [6.07, 6.45) is 3.62. The highest BCUT2D eigenvalue weighted by Crippen LogP contribution is 2.23. The molecule has 0 aliphatic heterocycles. The lowest BCUT2D eigenvalue weighted by atomic mass is 10.2. The van der Waals surface area contributed by atoms with Crippen LogP contribution in [0.1, 0.15) is 21.6 Å². The van der Waals surface area contributed by atoms with Crippen molar-refractivity contribution in [3.63, 3.8) is 0 Å². The Morgan fingerprint density at radius 2 is 2.04 bits per heavy atom. The second kappa shape index (κ2) is 7.30. The van der Waals surface area contributed by atoms with Crippen molar-refractivity contribution in [1.29, 1.82) is 0 Å². The van der Waals surface area contributed by atoms with Gasteiger partial charge in [0.1, 0.15) is 12.3 Å². The van der Waals surface area contributed by atoms with Crippen molar-refractivity contribution >= 4 is 33.2 Å². The van der Waals surface area contributed by atoms with Crippen LogP contribution in [0.2, 0.25) is 5.02 Å². The number of aromatic nitrogens is 2. The number of nitrogens with zero attached hydrogens (tertiary/aromatic N) is 3. The molecule has 2 aromatic heterocycles. The van der Waals surface area contributed by atoms with Crippen molar-refractivity contribution in [2.75, 3.05) is 14.1 Å². The molecule has 0 spiro atoms. The molecule has 9 heteroatoms. The number of sulfonamides is 1. The quantitative estimate of drug-likeness (QED) is 0.607. The molecule has 0 bridgehead atoms. The smallest absolute Gasteiger partial charge is 0.340 e. The maximum absolute atomic E-state index is 12.4. The number of hydrogen-bond donors (Lipinski definition) is 0. The van der Waals surface area contributed by atoms with Crippen LogP contribution < -0.4 is 0 Å². The lowest BCUT2D eigenvalue weighted by Crippen LogP contribution is -2.22. The number of pyridine rings is 1. The Kier molecular flexibility index (Phi) is 5.23. The first-order valence-corrected chi connectivity index (χ1v) is 9.84. The summed E-state index contributed by atoms with van der Waals surface area (Å²) in [6, 6.07) is 7.76. The minimum atomic E-state index is -3.69. The number of rotatable bonds is 5. The third-order valence-corrected chi connectivity index (χ3v) is 6.16. The van der Waals surface area contributed by atoms with Gasteiger partial charge in [0.05, 0.1) is 21.2 Å². The van der Waals surface area contributed by atoms with Gasteiger partial charge in [-0.1, -0.05) is 17.7 Å². The topological polar surface area (TPSA) is 81.0 Å². The summed E-state index contributed by atoms with van der Waals surface area (Å²) in [4.78, 5) is 16.8. The molecule has 0 N–H and O–H groups in total. The van der Waals surface area contributed by atoms with Gasteiger partial charge in [-0.2, -0.15) is 0 Å². The summed E-state index contributed by atoms with van der Waals surface area (Å²) in [6.45, 7) is 1.88. The SMILES string of the molecule is Cc1cccn2cc(COC(=O)c3cc(S(=O)(=O)N(C)C)ccc3Cl)nc12. The summed E-state index contributed by atoms with van der Waals surface area (Å²) in [5.41, 5.74) is 2.34. The Balaban J connectivity index is 1.82. The van der Waals surface area contributed by atoms with Crippen molar-refractivity contribution < 1.29 is 17.9 Å². The van der Waals surface area contributed by atoms with Gasteiger partial charge in [-0.15, -0.1) is 0 Å². The third kappa shape index (κ3) is 3.83. The van der Waals surface area contributed by atoms with Gasteiger partial charge in [-0.3, -0.25) is 0 Å². The molecular formula is C18H18ClN3O4S. The van der Waals surface area contributed by atoms with Gasteiger partial charge < -0.3 is 9.14 Å². The second-order valence-electron chi connectivity index (χ2n) is 6.16. The molecule has 2 heterocycles. The molecule has 1 aromatic carbocycles. The van der Waals surface area contributed by atoms with Gasteiger partial charge in [-0.05, 0) is 36.8 Å². The minimum absolute atomic E-state index is 0.0143. The third-order valence-electron chi connectivity index (χ3n) is 4.02. The van der Waals surface area contributed by atoms with Crippen molar-refractivity contribution in [3.8, 4) is 0 Å². The number of hydrogen-bond acceptors (Lipinski definition) is 5. The molecule has 0 amide bonds. The predicted molar refractivity (Wildman–Crippen MR) is 101 cm³/mol. The number of aryl methyl sites for hydroxylation is 1. The van der Waals surface area contributed by atoms with E-state index in [1.165, 1.54) is 32.3 Å². The summed E-state index contributed by atoms with van der Waals surface area (Å²) >= 11 is 6.06. The average Bonchev–Trinajstić information content (AvgIpc) is 3.04. The molecule has 0 atom stereocenters. The first-order valence-electron chi connectivity index (χ1n) is 8.02. The van der Waals surface area contributed by atoms with E-state index in [2.05, 4.69) is 4.98 Å². The molecule has 0 unspecified atom stereocenters. The van der Waals surface area contributed by atoms with Crippen LogP contribution in [0.25, 0.3) is 5.65 Å². The number of imidazole rings is 1. The zero-order valence-corrected chi connectivity index (χ0v) is 16.6. The maximum Gasteiger partial charge on any atom is 0.340 e. The number of benzene rings is 1. The Morgan fingerprint density at radius 1 is 1.30 bits per heavy atom. The average molecular weight is 408 g/mol. The monoisotopic (exact) mass is 407 g/mol. The van der Waals surface area contributed by atoms with E-state index in [0.717, 1.165) is 15.5 Å². The first kappa shape index (κ1) is 19.3. The fourth-order valence-corrected chi connectivity index (χ4v) is 3.65. The van der Waals surface area contributed by atoms with E-state index in [-0.39, 0.29) is 22.1 Å². The molecule has 3 aromatic rings. The van der Waals surface area contributed by atoms with Crippen LogP contribution in [-0.4, -0.2) is 42.2 Å². The first-order chi connectivity index (χ1) is 12.7. The zero-order valence-electron chi connectivity index (χ0n) is 15.0. The minimum Gasteiger partial charge on any atom is -0.455 e. The Labute approximate surface area is 162 Å². The predicted octanol–water partition coefficient (Wildman–Crippen LogP) is 2.90. The Bertz CT molecular complexity index is 1120. The highest BCUT2D eigenvalue weighted by Gasteiger charge is 2.21. The van der Waals surface area contributed by atoms with Crippen molar-refractivity contribution in [2.45, 2.75) is 18.4 Å². The van der Waals surface area contributed by atoms with E-state index in [0.29, 0.717) is 5.69 Å². The Hall–Kier alpha value is -2.42. The van der Waals surface area contributed by atoms with Gasteiger partial charge in [0.15, 0.2) is 0 Å². The van der Waals surface area contributed by atoms with Crippen LogP contribution in [0.5, 0.6) is 0 Å². The number of esters is 1. The van der Waals surface area contributed by atoms with Gasteiger partial charge in [-0.25, -0.2) is 22.5 Å². The maximum atomic E-state index is 12.4. The lowest BCUT2D eigenvalue weighted by molar-refractivity contribution is 0.0468. The van der Waals surface area contributed by atoms with Crippen molar-refractivity contribution in [3.05, 3.63) is 64.6 Å². The molecule has 0 fully saturated rings. The van der Waals surface area contributed by atoms with Gasteiger partial charge in [0.2, 0.25) is 10.0 Å². The summed E-state index contributed by atoms with van der Waals surface area (Å²) in [7, 11) is -0.868. The summed E-state index contributed by atoms with van der Waals surface area (Å²) in [5.74, 6) is -0.718. The van der Waals surface area contributed by atoms with E-state index >= 15 is 0 Å². The van der Waals surface area contributed by atoms with Crippen LogP contribution in [0.4, 0.5) is 0 Å². The van der Waals surface area contributed by atoms with E-state index < -0.39 is 16.0 Å². The molecule has 3 rings (SSSR count). The second-order valence-corrected chi connectivity index (χ2v) is 8.72. The molecule has 0 radical (unpaired) electrons. The molecule has 0 saturated carbocycles. The normalized spacial score (nSPS) is 11.9. The molecule has 7 nitrogen and oxygen atoms in total. The van der Waals surface area contributed by atoms with E-state index in [4.69, 9.17) is 16.3 Å². The molecule has 27 heavy (non-hydrogen) atoms. The van der Waals surface area contributed by atoms with Crippen LogP contribution in [0.3, 0.4) is 0 Å². The highest BCUT2D eigenvalue weighted by atomic mass is 35.5. The van der Waals surface area contributed by atoms with Crippen molar-refractivity contribution in [1.82, 2.24) is 13.7 Å². The zero-order chi connectivity index (χ0) is 19.8. The molecule has 0 aliphatic rings. The fraction of sp³-hybridized carbons (Fsp3) is 0.222. The summed E-state index contributed by atoms with van der Waals surface area (Å²) < 4.78 is 32.7. The van der Waals surface area contributed by atoms with Crippen LogP contribution in [0.15, 0.2) is 47.6 Å². The van der Waals surface area contributed by atoms with Crippen LogP contribution in [-0.2, 0) is 21.4 Å². The van der Waals surface area contributed by atoms with Crippen LogP contribution in [0, 0.1) is 6.92 Å². The van der Waals surface area contributed by atoms with Crippen LogP contribution >= 0.6 is 11.6 Å². The lowest BCUT2D eigenvalue weighted by Gasteiger charge is -2.12. The Morgan fingerprint density at radius 3 is 2.70 bits per heavy atom.